The number of amides is 1. The number of benzene rings is 2. The molecule has 0 unspecified atom stereocenters. The van der Waals surface area contributed by atoms with Crippen LogP contribution < -0.4 is 23.8 Å². The molecule has 0 saturated heterocycles. The van der Waals surface area contributed by atoms with Crippen molar-refractivity contribution >= 4 is 21.6 Å². The van der Waals surface area contributed by atoms with E-state index < -0.39 is 10.0 Å². The third-order valence-corrected chi connectivity index (χ3v) is 5.80. The highest BCUT2D eigenvalue weighted by molar-refractivity contribution is 7.92. The zero-order chi connectivity index (χ0) is 21.6. The molecular formula is C21H26N2O6S. The maximum absolute atomic E-state index is 12.2. The second kappa shape index (κ2) is 9.71. The number of rotatable bonds is 9. The average Bonchev–Trinajstić information content (AvgIpc) is 2.74. The number of fused-ring (bicyclic) bond motifs is 1. The number of nitrogens with one attached hydrogen (secondary N) is 1. The molecule has 0 aromatic heterocycles. The van der Waals surface area contributed by atoms with Crippen LogP contribution in [-0.2, 0) is 14.8 Å². The summed E-state index contributed by atoms with van der Waals surface area (Å²) in [5.74, 6) is 1.75. The molecule has 30 heavy (non-hydrogen) atoms. The van der Waals surface area contributed by atoms with Crippen molar-refractivity contribution in [2.75, 3.05) is 37.4 Å². The number of carbonyl (C=O) groups is 1. The standard InChI is InChI=1S/C21H26N2O6S/c1-27-17-8-5-7-16(13-17)23(30(2,25)26)12-6-11-21(24)22-14-18-15-28-19-9-3-4-10-20(19)29-18/h3-5,7-10,13,18H,6,11-12,14-15H2,1-2H3,(H,22,24)/t18-/m1/s1. The van der Waals surface area contributed by atoms with Gasteiger partial charge in [-0.2, -0.15) is 0 Å². The fraction of sp³-hybridized carbons (Fsp3) is 0.381. The van der Waals surface area contributed by atoms with Crippen LogP contribution in [-0.4, -0.2) is 53.5 Å². The molecule has 0 bridgehead atoms. The summed E-state index contributed by atoms with van der Waals surface area (Å²) in [6, 6.07) is 14.2. The first-order valence-corrected chi connectivity index (χ1v) is 11.5. The lowest BCUT2D eigenvalue weighted by Gasteiger charge is -2.26. The van der Waals surface area contributed by atoms with E-state index in [9.17, 15) is 13.2 Å². The van der Waals surface area contributed by atoms with Crippen LogP contribution in [0.3, 0.4) is 0 Å². The lowest BCUT2D eigenvalue weighted by Crippen LogP contribution is -2.41. The second-order valence-electron chi connectivity index (χ2n) is 6.94. The molecule has 3 rings (SSSR count). The highest BCUT2D eigenvalue weighted by Crippen LogP contribution is 2.30. The Morgan fingerprint density at radius 3 is 2.70 bits per heavy atom. The minimum absolute atomic E-state index is 0.170. The Labute approximate surface area is 176 Å². The van der Waals surface area contributed by atoms with Crippen LogP contribution in [0.2, 0.25) is 0 Å². The summed E-state index contributed by atoms with van der Waals surface area (Å²) in [7, 11) is -1.97. The molecule has 162 valence electrons. The van der Waals surface area contributed by atoms with Gasteiger partial charge in [-0.3, -0.25) is 9.10 Å². The summed E-state index contributed by atoms with van der Waals surface area (Å²) in [5, 5.41) is 2.82. The van der Waals surface area contributed by atoms with E-state index in [4.69, 9.17) is 14.2 Å². The number of anilines is 1. The molecule has 1 aliphatic rings. The molecule has 1 atom stereocenters. The van der Waals surface area contributed by atoms with Gasteiger partial charge in [0.15, 0.2) is 11.5 Å². The highest BCUT2D eigenvalue weighted by Gasteiger charge is 2.21. The van der Waals surface area contributed by atoms with E-state index >= 15 is 0 Å². The molecule has 8 nitrogen and oxygen atoms in total. The number of para-hydroxylation sites is 2. The first-order valence-electron chi connectivity index (χ1n) is 9.64. The summed E-state index contributed by atoms with van der Waals surface area (Å²) < 4.78 is 42.3. The topological polar surface area (TPSA) is 94.2 Å². The van der Waals surface area contributed by atoms with Crippen LogP contribution >= 0.6 is 0 Å². The van der Waals surface area contributed by atoms with Gasteiger partial charge in [0.1, 0.15) is 18.5 Å². The lowest BCUT2D eigenvalue weighted by atomic mass is 10.2. The smallest absolute Gasteiger partial charge is 0.232 e. The third-order valence-electron chi connectivity index (χ3n) is 4.60. The summed E-state index contributed by atoms with van der Waals surface area (Å²) in [5.41, 5.74) is 0.503. The second-order valence-corrected chi connectivity index (χ2v) is 8.85. The van der Waals surface area contributed by atoms with Crippen molar-refractivity contribution in [2.24, 2.45) is 0 Å². The van der Waals surface area contributed by atoms with Gasteiger partial charge < -0.3 is 19.5 Å². The number of hydrogen-bond acceptors (Lipinski definition) is 6. The minimum atomic E-state index is -3.49. The minimum Gasteiger partial charge on any atom is -0.497 e. The number of carbonyl (C=O) groups excluding carboxylic acids is 1. The summed E-state index contributed by atoms with van der Waals surface area (Å²) in [4.78, 5) is 12.2. The maximum atomic E-state index is 12.2. The van der Waals surface area contributed by atoms with Crippen molar-refractivity contribution in [1.29, 1.82) is 0 Å². The molecule has 2 aromatic rings. The molecular weight excluding hydrogens is 408 g/mol. The predicted octanol–water partition coefficient (Wildman–Crippen LogP) is 2.20. The first-order chi connectivity index (χ1) is 14.4. The van der Waals surface area contributed by atoms with Crippen molar-refractivity contribution in [3.05, 3.63) is 48.5 Å². The number of methoxy groups -OCH3 is 1. The van der Waals surface area contributed by atoms with Crippen LogP contribution in [0.25, 0.3) is 0 Å². The Hall–Kier alpha value is -2.94. The van der Waals surface area contributed by atoms with E-state index in [2.05, 4.69) is 5.32 Å². The Bertz CT molecular complexity index is 979. The van der Waals surface area contributed by atoms with Crippen molar-refractivity contribution in [3.8, 4) is 17.2 Å². The van der Waals surface area contributed by atoms with Gasteiger partial charge in [0.25, 0.3) is 0 Å². The fourth-order valence-electron chi connectivity index (χ4n) is 3.11. The van der Waals surface area contributed by atoms with Gasteiger partial charge in [0.2, 0.25) is 15.9 Å². The quantitative estimate of drug-likeness (QED) is 0.650. The number of hydrogen-bond donors (Lipinski definition) is 1. The van der Waals surface area contributed by atoms with E-state index in [0.717, 1.165) is 6.26 Å². The number of sulfonamides is 1. The molecule has 1 heterocycles. The first kappa shape index (κ1) is 21.8. The summed E-state index contributed by atoms with van der Waals surface area (Å²) in [6.07, 6.45) is 1.44. The van der Waals surface area contributed by atoms with Crippen molar-refractivity contribution in [2.45, 2.75) is 18.9 Å². The summed E-state index contributed by atoms with van der Waals surface area (Å²) in [6.45, 7) is 0.865. The Morgan fingerprint density at radius 1 is 1.20 bits per heavy atom. The van der Waals surface area contributed by atoms with Gasteiger partial charge in [-0.15, -0.1) is 0 Å². The highest BCUT2D eigenvalue weighted by atomic mass is 32.2. The third kappa shape index (κ3) is 5.79. The molecule has 2 aromatic carbocycles. The van der Waals surface area contributed by atoms with Gasteiger partial charge in [0.05, 0.1) is 25.6 Å². The Morgan fingerprint density at radius 2 is 1.97 bits per heavy atom. The van der Waals surface area contributed by atoms with E-state index in [-0.39, 0.29) is 25.0 Å². The molecule has 0 radical (unpaired) electrons. The predicted molar refractivity (Wildman–Crippen MR) is 114 cm³/mol. The SMILES string of the molecule is COc1cccc(N(CCCC(=O)NC[C@@H]2COc3ccccc3O2)S(C)(=O)=O)c1. The molecule has 1 amide bonds. The monoisotopic (exact) mass is 434 g/mol. The molecule has 1 aliphatic heterocycles. The molecule has 0 fully saturated rings. The van der Waals surface area contributed by atoms with Crippen LogP contribution in [0.5, 0.6) is 17.2 Å². The van der Waals surface area contributed by atoms with Crippen LogP contribution in [0.1, 0.15) is 12.8 Å². The molecule has 0 aliphatic carbocycles. The Balaban J connectivity index is 1.48. The van der Waals surface area contributed by atoms with Crippen molar-refractivity contribution in [1.82, 2.24) is 5.32 Å². The molecule has 0 spiro atoms. The van der Waals surface area contributed by atoms with Gasteiger partial charge in [-0.05, 0) is 30.7 Å². The van der Waals surface area contributed by atoms with E-state index in [1.807, 2.05) is 24.3 Å². The van der Waals surface area contributed by atoms with Gasteiger partial charge in [0, 0.05) is 19.0 Å². The lowest BCUT2D eigenvalue weighted by molar-refractivity contribution is -0.121. The van der Waals surface area contributed by atoms with Crippen LogP contribution in [0, 0.1) is 0 Å². The fourth-order valence-corrected chi connectivity index (χ4v) is 4.07. The van der Waals surface area contributed by atoms with Crippen molar-refractivity contribution in [3.63, 3.8) is 0 Å². The van der Waals surface area contributed by atoms with Crippen molar-refractivity contribution < 1.29 is 27.4 Å². The Kier molecular flexibility index (Phi) is 7.04. The van der Waals surface area contributed by atoms with Crippen LogP contribution in [0.15, 0.2) is 48.5 Å². The zero-order valence-corrected chi connectivity index (χ0v) is 17.9. The normalized spacial score (nSPS) is 15.3. The molecule has 9 heteroatoms. The average molecular weight is 435 g/mol. The van der Waals surface area contributed by atoms with Gasteiger partial charge in [-0.25, -0.2) is 8.42 Å². The zero-order valence-electron chi connectivity index (χ0n) is 17.0. The van der Waals surface area contributed by atoms with E-state index in [1.54, 1.807) is 24.3 Å². The molecule has 1 N–H and O–H groups in total. The van der Waals surface area contributed by atoms with Gasteiger partial charge >= 0.3 is 0 Å². The van der Waals surface area contributed by atoms with E-state index in [1.165, 1.54) is 11.4 Å². The number of nitrogens with zero attached hydrogens (tertiary/aromatic N) is 1. The van der Waals surface area contributed by atoms with Gasteiger partial charge in [-0.1, -0.05) is 18.2 Å². The number of ether oxygens (including phenoxy) is 3. The van der Waals surface area contributed by atoms with E-state index in [0.29, 0.717) is 42.5 Å². The maximum Gasteiger partial charge on any atom is 0.232 e. The summed E-state index contributed by atoms with van der Waals surface area (Å²) >= 11 is 0. The van der Waals surface area contributed by atoms with Crippen LogP contribution in [0.4, 0.5) is 5.69 Å². The molecule has 0 saturated carbocycles. The largest absolute Gasteiger partial charge is 0.497 e.